The summed E-state index contributed by atoms with van der Waals surface area (Å²) in [6.07, 6.45) is 1.42. The maximum Gasteiger partial charge on any atom is 0.254 e. The number of rotatable bonds is 4. The smallest absolute Gasteiger partial charge is 0.254 e. The molecular weight excluding hydrogens is 249 g/mol. The Bertz CT molecular complexity index is 459. The van der Waals surface area contributed by atoms with Crippen molar-refractivity contribution >= 4 is 12.1 Å². The Kier molecular flexibility index (Phi) is 5.00. The fourth-order valence-corrected chi connectivity index (χ4v) is 1.76. The van der Waals surface area contributed by atoms with Crippen LogP contribution in [0.5, 0.6) is 0 Å². The third-order valence-electron chi connectivity index (χ3n) is 2.72. The van der Waals surface area contributed by atoms with Gasteiger partial charge in [0.1, 0.15) is 5.82 Å². The zero-order chi connectivity index (χ0) is 13.5. The molecule has 1 aliphatic rings. The second kappa shape index (κ2) is 6.96. The number of benzene rings is 1. The summed E-state index contributed by atoms with van der Waals surface area (Å²) in [6.45, 7) is 3.10. The topological polar surface area (TPSA) is 53.9 Å². The molecule has 0 radical (unpaired) electrons. The summed E-state index contributed by atoms with van der Waals surface area (Å²) in [5, 5.41) is 3.80. The average Bonchev–Trinajstić information content (AvgIpc) is 2.40. The van der Waals surface area contributed by atoms with Gasteiger partial charge in [-0.25, -0.2) is 9.82 Å². The molecule has 102 valence electrons. The lowest BCUT2D eigenvalue weighted by molar-refractivity contribution is -0.123. The van der Waals surface area contributed by atoms with E-state index in [2.05, 4.69) is 10.5 Å². The second-order valence-corrected chi connectivity index (χ2v) is 4.24. The first-order valence-electron chi connectivity index (χ1n) is 6.11. The lowest BCUT2D eigenvalue weighted by atomic mass is 10.2. The minimum atomic E-state index is -0.330. The number of nitrogens with zero attached hydrogens (tertiary/aromatic N) is 2. The Morgan fingerprint density at radius 3 is 3.00 bits per heavy atom. The molecule has 1 N–H and O–H groups in total. The Morgan fingerprint density at radius 1 is 1.47 bits per heavy atom. The zero-order valence-corrected chi connectivity index (χ0v) is 10.5. The molecule has 2 rings (SSSR count). The maximum atomic E-state index is 12.9. The highest BCUT2D eigenvalue weighted by molar-refractivity contribution is 5.83. The third-order valence-corrected chi connectivity index (χ3v) is 2.72. The number of hydrazone groups is 1. The molecule has 0 atom stereocenters. The standard InChI is InChI=1S/C13H16FN3O2/c14-12-3-1-2-11(8-12)9-15-16-13(18)10-17-4-6-19-7-5-17/h1-3,8-9H,4-7,10H2,(H,16,18)/b15-9-. The van der Waals surface area contributed by atoms with Crippen LogP contribution >= 0.6 is 0 Å². The summed E-state index contributed by atoms with van der Waals surface area (Å²) >= 11 is 0. The van der Waals surface area contributed by atoms with E-state index in [0.29, 0.717) is 25.3 Å². The van der Waals surface area contributed by atoms with Crippen molar-refractivity contribution in [2.75, 3.05) is 32.8 Å². The minimum Gasteiger partial charge on any atom is -0.379 e. The van der Waals surface area contributed by atoms with E-state index < -0.39 is 0 Å². The first-order valence-corrected chi connectivity index (χ1v) is 6.11. The molecule has 1 aromatic carbocycles. The van der Waals surface area contributed by atoms with E-state index in [1.165, 1.54) is 18.3 Å². The van der Waals surface area contributed by atoms with Crippen LogP contribution in [0, 0.1) is 5.82 Å². The van der Waals surface area contributed by atoms with E-state index in [-0.39, 0.29) is 11.7 Å². The lowest BCUT2D eigenvalue weighted by Crippen LogP contribution is -2.42. The molecule has 6 heteroatoms. The Morgan fingerprint density at radius 2 is 2.26 bits per heavy atom. The highest BCUT2D eigenvalue weighted by Gasteiger charge is 2.13. The molecule has 5 nitrogen and oxygen atoms in total. The van der Waals surface area contributed by atoms with Gasteiger partial charge in [-0.2, -0.15) is 5.10 Å². The molecular formula is C13H16FN3O2. The molecule has 0 aliphatic carbocycles. The number of carbonyl (C=O) groups excluding carboxylic acids is 1. The summed E-state index contributed by atoms with van der Waals surface area (Å²) < 4.78 is 18.1. The third kappa shape index (κ3) is 4.76. The van der Waals surface area contributed by atoms with Gasteiger partial charge in [0.25, 0.3) is 5.91 Å². The molecule has 1 saturated heterocycles. The van der Waals surface area contributed by atoms with Crippen molar-refractivity contribution in [2.24, 2.45) is 5.10 Å². The molecule has 0 spiro atoms. The molecule has 1 fully saturated rings. The van der Waals surface area contributed by atoms with Crippen LogP contribution in [0.2, 0.25) is 0 Å². The highest BCUT2D eigenvalue weighted by atomic mass is 19.1. The normalized spacial score (nSPS) is 16.7. The van der Waals surface area contributed by atoms with Crippen molar-refractivity contribution in [1.29, 1.82) is 0 Å². The molecule has 1 amide bonds. The molecule has 1 heterocycles. The number of ether oxygens (including phenoxy) is 1. The van der Waals surface area contributed by atoms with Gasteiger partial charge >= 0.3 is 0 Å². The van der Waals surface area contributed by atoms with Gasteiger partial charge in [-0.15, -0.1) is 0 Å². The van der Waals surface area contributed by atoms with Crippen LogP contribution in [0.3, 0.4) is 0 Å². The minimum absolute atomic E-state index is 0.186. The summed E-state index contributed by atoms with van der Waals surface area (Å²) in [5.41, 5.74) is 3.03. The average molecular weight is 265 g/mol. The van der Waals surface area contributed by atoms with Crippen LogP contribution in [0.25, 0.3) is 0 Å². The highest BCUT2D eigenvalue weighted by Crippen LogP contribution is 2.00. The van der Waals surface area contributed by atoms with Crippen LogP contribution < -0.4 is 5.43 Å². The number of nitrogens with one attached hydrogen (secondary N) is 1. The Balaban J connectivity index is 1.76. The van der Waals surface area contributed by atoms with Gasteiger partial charge < -0.3 is 4.74 Å². The van der Waals surface area contributed by atoms with E-state index in [4.69, 9.17) is 4.74 Å². The summed E-state index contributed by atoms with van der Waals surface area (Å²) in [7, 11) is 0. The Hall–Kier alpha value is -1.79. The van der Waals surface area contributed by atoms with Crippen molar-refractivity contribution in [1.82, 2.24) is 10.3 Å². The molecule has 1 aromatic rings. The second-order valence-electron chi connectivity index (χ2n) is 4.24. The van der Waals surface area contributed by atoms with Gasteiger partial charge in [0.05, 0.1) is 26.0 Å². The van der Waals surface area contributed by atoms with E-state index in [0.717, 1.165) is 13.1 Å². The summed E-state index contributed by atoms with van der Waals surface area (Å²) in [4.78, 5) is 13.6. The van der Waals surface area contributed by atoms with Crippen molar-refractivity contribution < 1.29 is 13.9 Å². The van der Waals surface area contributed by atoms with Gasteiger partial charge in [-0.3, -0.25) is 9.69 Å². The largest absolute Gasteiger partial charge is 0.379 e. The molecule has 0 unspecified atom stereocenters. The lowest BCUT2D eigenvalue weighted by Gasteiger charge is -2.25. The van der Waals surface area contributed by atoms with Crippen LogP contribution in [0.15, 0.2) is 29.4 Å². The van der Waals surface area contributed by atoms with Gasteiger partial charge in [0.15, 0.2) is 0 Å². The number of hydrogen-bond acceptors (Lipinski definition) is 4. The summed E-state index contributed by atoms with van der Waals surface area (Å²) in [5.74, 6) is -0.516. The van der Waals surface area contributed by atoms with Crippen LogP contribution in [0.1, 0.15) is 5.56 Å². The zero-order valence-electron chi connectivity index (χ0n) is 10.5. The number of carbonyl (C=O) groups is 1. The number of hydrogen-bond donors (Lipinski definition) is 1. The monoisotopic (exact) mass is 265 g/mol. The van der Waals surface area contributed by atoms with Crippen molar-refractivity contribution in [3.8, 4) is 0 Å². The first-order chi connectivity index (χ1) is 9.24. The SMILES string of the molecule is O=C(CN1CCOCC1)N/N=C\c1cccc(F)c1. The van der Waals surface area contributed by atoms with Crippen molar-refractivity contribution in [3.63, 3.8) is 0 Å². The van der Waals surface area contributed by atoms with E-state index in [1.54, 1.807) is 12.1 Å². The van der Waals surface area contributed by atoms with Crippen LogP contribution in [-0.2, 0) is 9.53 Å². The van der Waals surface area contributed by atoms with Gasteiger partial charge in [-0.1, -0.05) is 12.1 Å². The van der Waals surface area contributed by atoms with E-state index in [9.17, 15) is 9.18 Å². The fourth-order valence-electron chi connectivity index (χ4n) is 1.76. The van der Waals surface area contributed by atoms with Gasteiger partial charge in [0.2, 0.25) is 0 Å². The summed E-state index contributed by atoms with van der Waals surface area (Å²) in [6, 6.07) is 6.00. The van der Waals surface area contributed by atoms with Crippen LogP contribution in [-0.4, -0.2) is 49.9 Å². The predicted molar refractivity (Wildman–Crippen MR) is 69.4 cm³/mol. The number of amides is 1. The molecule has 1 aliphatic heterocycles. The molecule has 0 saturated carbocycles. The Labute approximate surface area is 111 Å². The van der Waals surface area contributed by atoms with Gasteiger partial charge in [-0.05, 0) is 17.7 Å². The van der Waals surface area contributed by atoms with Crippen molar-refractivity contribution in [2.45, 2.75) is 0 Å². The molecule has 19 heavy (non-hydrogen) atoms. The number of halogens is 1. The fraction of sp³-hybridized carbons (Fsp3) is 0.385. The van der Waals surface area contributed by atoms with Gasteiger partial charge in [0, 0.05) is 13.1 Å². The predicted octanol–water partition coefficient (Wildman–Crippen LogP) is 0.608. The van der Waals surface area contributed by atoms with Crippen molar-refractivity contribution in [3.05, 3.63) is 35.6 Å². The quantitative estimate of drug-likeness (QED) is 0.641. The van der Waals surface area contributed by atoms with E-state index >= 15 is 0 Å². The molecule has 0 aromatic heterocycles. The van der Waals surface area contributed by atoms with E-state index in [1.807, 2.05) is 4.90 Å². The number of morpholine rings is 1. The maximum absolute atomic E-state index is 12.9. The van der Waals surface area contributed by atoms with Crippen LogP contribution in [0.4, 0.5) is 4.39 Å². The molecule has 0 bridgehead atoms. The first kappa shape index (κ1) is 13.6.